The Kier molecular flexibility index (Phi) is 5.98. The molecule has 1 aromatic carbocycles. The number of alkyl halides is 2. The predicted octanol–water partition coefficient (Wildman–Crippen LogP) is 4.31. The normalized spacial score (nSPS) is 12.7. The van der Waals surface area contributed by atoms with Crippen molar-refractivity contribution >= 4 is 0 Å². The zero-order valence-corrected chi connectivity index (χ0v) is 13.0. The molecule has 23 heavy (non-hydrogen) atoms. The topological polar surface area (TPSA) is 34.1 Å². The van der Waals surface area contributed by atoms with Crippen LogP contribution in [0.15, 0.2) is 42.7 Å². The molecular formula is C17H19F3N2O. The zero-order valence-electron chi connectivity index (χ0n) is 13.0. The smallest absolute Gasteiger partial charge is 0.387 e. The van der Waals surface area contributed by atoms with Gasteiger partial charge < -0.3 is 10.1 Å². The molecule has 1 heterocycles. The molecule has 1 atom stereocenters. The number of hydrogen-bond acceptors (Lipinski definition) is 3. The average Bonchev–Trinajstić information content (AvgIpc) is 2.50. The van der Waals surface area contributed by atoms with E-state index in [1.165, 1.54) is 12.1 Å². The Morgan fingerprint density at radius 2 is 1.83 bits per heavy atom. The molecule has 6 heteroatoms. The lowest BCUT2D eigenvalue weighted by Crippen LogP contribution is -2.25. The SMILES string of the molecule is CC(C)C(NCc1ccc(OC(F)F)c(F)c1)c1ccncc1. The van der Waals surface area contributed by atoms with Crippen LogP contribution in [0.3, 0.4) is 0 Å². The standard InChI is InChI=1S/C17H19F3N2O/c1-11(2)16(13-5-7-21-8-6-13)22-10-12-3-4-15(14(18)9-12)23-17(19)20/h3-9,11,16-17,22H,10H2,1-2H3. The first-order chi connectivity index (χ1) is 11.0. The first-order valence-corrected chi connectivity index (χ1v) is 7.34. The van der Waals surface area contributed by atoms with E-state index in [1.807, 2.05) is 12.1 Å². The molecule has 0 amide bonds. The monoisotopic (exact) mass is 324 g/mol. The zero-order chi connectivity index (χ0) is 16.8. The summed E-state index contributed by atoms with van der Waals surface area (Å²) >= 11 is 0. The van der Waals surface area contributed by atoms with Gasteiger partial charge in [-0.05, 0) is 41.3 Å². The van der Waals surface area contributed by atoms with E-state index in [2.05, 4.69) is 28.9 Å². The highest BCUT2D eigenvalue weighted by Gasteiger charge is 2.16. The van der Waals surface area contributed by atoms with Gasteiger partial charge in [0.15, 0.2) is 11.6 Å². The predicted molar refractivity (Wildman–Crippen MR) is 81.7 cm³/mol. The van der Waals surface area contributed by atoms with Crippen molar-refractivity contribution in [3.63, 3.8) is 0 Å². The number of ether oxygens (including phenoxy) is 1. The van der Waals surface area contributed by atoms with E-state index in [9.17, 15) is 13.2 Å². The molecule has 0 radical (unpaired) electrons. The van der Waals surface area contributed by atoms with E-state index in [-0.39, 0.29) is 6.04 Å². The van der Waals surface area contributed by atoms with Crippen LogP contribution in [0.4, 0.5) is 13.2 Å². The summed E-state index contributed by atoms with van der Waals surface area (Å²) in [5.74, 6) is -0.920. The molecule has 0 aliphatic rings. The molecule has 0 aliphatic carbocycles. The molecule has 3 nitrogen and oxygen atoms in total. The summed E-state index contributed by atoms with van der Waals surface area (Å²) in [7, 11) is 0. The minimum Gasteiger partial charge on any atom is -0.432 e. The molecule has 2 rings (SSSR count). The van der Waals surface area contributed by atoms with E-state index < -0.39 is 18.2 Å². The fourth-order valence-electron chi connectivity index (χ4n) is 2.38. The maximum Gasteiger partial charge on any atom is 0.387 e. The number of nitrogens with one attached hydrogen (secondary N) is 1. The number of nitrogens with zero attached hydrogens (tertiary/aromatic N) is 1. The summed E-state index contributed by atoms with van der Waals surface area (Å²) in [6, 6.07) is 7.93. The number of benzene rings is 1. The average molecular weight is 324 g/mol. The highest BCUT2D eigenvalue weighted by atomic mass is 19.3. The van der Waals surface area contributed by atoms with Crippen LogP contribution in [-0.4, -0.2) is 11.6 Å². The summed E-state index contributed by atoms with van der Waals surface area (Å²) in [6.45, 7) is 1.54. The second kappa shape index (κ2) is 7.97. The van der Waals surface area contributed by atoms with Crippen molar-refractivity contribution in [1.82, 2.24) is 10.3 Å². The van der Waals surface area contributed by atoms with Crippen molar-refractivity contribution in [2.45, 2.75) is 33.0 Å². The second-order valence-electron chi connectivity index (χ2n) is 5.53. The van der Waals surface area contributed by atoms with Crippen LogP contribution in [0.2, 0.25) is 0 Å². The number of hydrogen-bond donors (Lipinski definition) is 1. The Morgan fingerprint density at radius 1 is 1.13 bits per heavy atom. The molecule has 0 saturated heterocycles. The Hall–Kier alpha value is -2.08. The Morgan fingerprint density at radius 3 is 2.39 bits per heavy atom. The van der Waals surface area contributed by atoms with Crippen molar-refractivity contribution < 1.29 is 17.9 Å². The van der Waals surface area contributed by atoms with Crippen molar-refractivity contribution in [3.05, 3.63) is 59.7 Å². The van der Waals surface area contributed by atoms with Gasteiger partial charge >= 0.3 is 6.61 Å². The van der Waals surface area contributed by atoms with E-state index in [4.69, 9.17) is 0 Å². The van der Waals surface area contributed by atoms with Gasteiger partial charge in [-0.3, -0.25) is 4.98 Å². The fraction of sp³-hybridized carbons (Fsp3) is 0.353. The largest absolute Gasteiger partial charge is 0.432 e. The van der Waals surface area contributed by atoms with Crippen LogP contribution in [-0.2, 0) is 6.54 Å². The highest BCUT2D eigenvalue weighted by molar-refractivity contribution is 5.29. The van der Waals surface area contributed by atoms with Gasteiger partial charge in [0.25, 0.3) is 0 Å². The third kappa shape index (κ3) is 4.96. The third-order valence-electron chi connectivity index (χ3n) is 3.47. The Bertz CT molecular complexity index is 620. The summed E-state index contributed by atoms with van der Waals surface area (Å²) in [5, 5.41) is 3.36. The highest BCUT2D eigenvalue weighted by Crippen LogP contribution is 2.23. The lowest BCUT2D eigenvalue weighted by molar-refractivity contribution is -0.0522. The molecule has 0 saturated carbocycles. The molecular weight excluding hydrogens is 305 g/mol. The molecule has 1 aromatic heterocycles. The first-order valence-electron chi connectivity index (χ1n) is 7.34. The molecule has 1 N–H and O–H groups in total. The van der Waals surface area contributed by atoms with Crippen molar-refractivity contribution in [2.24, 2.45) is 5.92 Å². The van der Waals surface area contributed by atoms with Gasteiger partial charge in [-0.15, -0.1) is 0 Å². The lowest BCUT2D eigenvalue weighted by atomic mass is 9.96. The van der Waals surface area contributed by atoms with Gasteiger partial charge in [0.05, 0.1) is 0 Å². The van der Waals surface area contributed by atoms with E-state index in [1.54, 1.807) is 18.5 Å². The Balaban J connectivity index is 2.05. The number of aromatic nitrogens is 1. The van der Waals surface area contributed by atoms with E-state index in [0.29, 0.717) is 18.0 Å². The molecule has 0 fully saturated rings. The van der Waals surface area contributed by atoms with Gasteiger partial charge in [0, 0.05) is 25.0 Å². The van der Waals surface area contributed by atoms with Crippen LogP contribution in [0.1, 0.15) is 31.0 Å². The summed E-state index contributed by atoms with van der Waals surface area (Å²) in [6.07, 6.45) is 3.45. The lowest BCUT2D eigenvalue weighted by Gasteiger charge is -2.23. The molecule has 124 valence electrons. The van der Waals surface area contributed by atoms with E-state index in [0.717, 1.165) is 5.56 Å². The van der Waals surface area contributed by atoms with Crippen LogP contribution in [0.5, 0.6) is 5.75 Å². The summed E-state index contributed by atoms with van der Waals surface area (Å²) < 4.78 is 42.1. The van der Waals surface area contributed by atoms with Gasteiger partial charge in [0.1, 0.15) is 0 Å². The fourth-order valence-corrected chi connectivity index (χ4v) is 2.38. The molecule has 0 bridgehead atoms. The number of rotatable bonds is 7. The molecule has 0 aliphatic heterocycles. The van der Waals surface area contributed by atoms with Gasteiger partial charge in [-0.2, -0.15) is 8.78 Å². The summed E-state index contributed by atoms with van der Waals surface area (Å²) in [5.41, 5.74) is 1.75. The minimum absolute atomic E-state index is 0.0815. The van der Waals surface area contributed by atoms with E-state index >= 15 is 0 Å². The molecule has 2 aromatic rings. The van der Waals surface area contributed by atoms with Gasteiger partial charge in [0.2, 0.25) is 0 Å². The summed E-state index contributed by atoms with van der Waals surface area (Å²) in [4.78, 5) is 4.00. The van der Waals surface area contributed by atoms with Crippen LogP contribution in [0, 0.1) is 11.7 Å². The van der Waals surface area contributed by atoms with Gasteiger partial charge in [-0.1, -0.05) is 19.9 Å². The molecule has 0 spiro atoms. The maximum atomic E-state index is 13.7. The maximum absolute atomic E-state index is 13.7. The molecule has 1 unspecified atom stereocenters. The van der Waals surface area contributed by atoms with Crippen molar-refractivity contribution in [1.29, 1.82) is 0 Å². The van der Waals surface area contributed by atoms with Crippen molar-refractivity contribution in [2.75, 3.05) is 0 Å². The minimum atomic E-state index is -3.04. The third-order valence-corrected chi connectivity index (χ3v) is 3.47. The number of halogens is 3. The van der Waals surface area contributed by atoms with Crippen LogP contribution in [0.25, 0.3) is 0 Å². The van der Waals surface area contributed by atoms with Gasteiger partial charge in [-0.25, -0.2) is 4.39 Å². The Labute approximate surface area is 133 Å². The van der Waals surface area contributed by atoms with Crippen LogP contribution < -0.4 is 10.1 Å². The first kappa shape index (κ1) is 17.3. The quantitative estimate of drug-likeness (QED) is 0.824. The number of pyridine rings is 1. The van der Waals surface area contributed by atoms with Crippen LogP contribution >= 0.6 is 0 Å². The second-order valence-corrected chi connectivity index (χ2v) is 5.53. The van der Waals surface area contributed by atoms with Crippen molar-refractivity contribution in [3.8, 4) is 5.75 Å².